The van der Waals surface area contributed by atoms with Crippen LogP contribution in [-0.4, -0.2) is 24.2 Å². The lowest BCUT2D eigenvalue weighted by molar-refractivity contribution is 0.0344. The van der Waals surface area contributed by atoms with Gasteiger partial charge in [0.25, 0.3) is 5.91 Å². The summed E-state index contributed by atoms with van der Waals surface area (Å²) in [5.74, 6) is 0.624. The highest BCUT2D eigenvalue weighted by atomic mass is 16.5. The molecule has 2 aromatic carbocycles. The summed E-state index contributed by atoms with van der Waals surface area (Å²) in [7, 11) is 0. The van der Waals surface area contributed by atoms with Crippen molar-refractivity contribution in [3.8, 4) is 5.75 Å². The van der Waals surface area contributed by atoms with Gasteiger partial charge < -0.3 is 19.6 Å². The van der Waals surface area contributed by atoms with Gasteiger partial charge in [-0.25, -0.2) is 0 Å². The third-order valence-electron chi connectivity index (χ3n) is 3.98. The highest BCUT2D eigenvalue weighted by molar-refractivity contribution is 5.97. The maximum absolute atomic E-state index is 12.5. The minimum absolute atomic E-state index is 0.0200. The summed E-state index contributed by atoms with van der Waals surface area (Å²) in [4.78, 5) is 12.5. The normalized spacial score (nSPS) is 13.4. The molecular formula is C20H21NO4. The molecule has 0 fully saturated rings. The Bertz CT molecular complexity index is 849. The van der Waals surface area contributed by atoms with Gasteiger partial charge in [-0.3, -0.25) is 4.79 Å². The molecule has 2 N–H and O–H groups in total. The van der Waals surface area contributed by atoms with Crippen molar-refractivity contribution in [3.63, 3.8) is 0 Å². The van der Waals surface area contributed by atoms with E-state index in [1.165, 1.54) is 0 Å². The summed E-state index contributed by atoms with van der Waals surface area (Å²) in [5, 5.41) is 14.4. The van der Waals surface area contributed by atoms with E-state index in [0.717, 1.165) is 5.39 Å². The monoisotopic (exact) mass is 339 g/mol. The van der Waals surface area contributed by atoms with Crippen LogP contribution in [0.15, 0.2) is 59.0 Å². The van der Waals surface area contributed by atoms with Crippen LogP contribution >= 0.6 is 0 Å². The predicted octanol–water partition coefficient (Wildman–Crippen LogP) is 3.47. The first-order valence-corrected chi connectivity index (χ1v) is 8.23. The van der Waals surface area contributed by atoms with Crippen LogP contribution < -0.4 is 10.1 Å². The number of amides is 1. The largest absolute Gasteiger partial charge is 0.493 e. The molecule has 0 spiro atoms. The Morgan fingerprint density at radius 1 is 1.20 bits per heavy atom. The number of para-hydroxylation sites is 2. The third kappa shape index (κ3) is 3.67. The van der Waals surface area contributed by atoms with Gasteiger partial charge in [0.15, 0.2) is 0 Å². The zero-order valence-corrected chi connectivity index (χ0v) is 14.3. The fraction of sp³-hybridized carbons (Fsp3) is 0.250. The molecule has 0 aliphatic carbocycles. The number of carbonyl (C=O) groups is 1. The molecule has 0 aliphatic rings. The number of hydrogen-bond acceptors (Lipinski definition) is 4. The topological polar surface area (TPSA) is 71.7 Å². The smallest absolute Gasteiger partial charge is 0.255 e. The molecule has 1 amide bonds. The first-order valence-electron chi connectivity index (χ1n) is 8.23. The van der Waals surface area contributed by atoms with Crippen LogP contribution in [0, 0.1) is 0 Å². The number of benzene rings is 2. The Morgan fingerprint density at radius 3 is 2.68 bits per heavy atom. The van der Waals surface area contributed by atoms with Crippen LogP contribution in [0.4, 0.5) is 0 Å². The molecule has 1 aromatic heterocycles. The van der Waals surface area contributed by atoms with E-state index in [1.54, 1.807) is 31.2 Å². The van der Waals surface area contributed by atoms with E-state index in [0.29, 0.717) is 29.3 Å². The zero-order chi connectivity index (χ0) is 17.9. The van der Waals surface area contributed by atoms with E-state index in [1.807, 2.05) is 37.3 Å². The second-order valence-corrected chi connectivity index (χ2v) is 6.03. The maximum Gasteiger partial charge on any atom is 0.255 e. The second-order valence-electron chi connectivity index (χ2n) is 6.03. The molecule has 0 saturated heterocycles. The highest BCUT2D eigenvalue weighted by Crippen LogP contribution is 2.27. The van der Waals surface area contributed by atoms with Crippen molar-refractivity contribution < 1.29 is 19.1 Å². The van der Waals surface area contributed by atoms with Gasteiger partial charge in [-0.05, 0) is 38.1 Å². The molecular weight excluding hydrogens is 318 g/mol. The van der Waals surface area contributed by atoms with Gasteiger partial charge in [0.05, 0.1) is 18.7 Å². The van der Waals surface area contributed by atoms with Gasteiger partial charge in [-0.1, -0.05) is 30.3 Å². The molecule has 3 rings (SSSR count). The molecule has 0 saturated carbocycles. The maximum atomic E-state index is 12.5. The van der Waals surface area contributed by atoms with E-state index >= 15 is 0 Å². The number of ether oxygens (including phenoxy) is 1. The molecule has 1 atom stereocenters. The molecule has 1 heterocycles. The van der Waals surface area contributed by atoms with Crippen LogP contribution in [0.1, 0.15) is 30.0 Å². The van der Waals surface area contributed by atoms with Crippen molar-refractivity contribution in [2.75, 3.05) is 13.2 Å². The third-order valence-corrected chi connectivity index (χ3v) is 3.98. The standard InChI is InChI=1S/C20H21NO4/c1-3-24-17-11-7-5-9-15(17)19(22)21-13-20(2,23)18-12-14-8-4-6-10-16(14)25-18/h4-12,23H,3,13H2,1-2H3,(H,21,22). The lowest BCUT2D eigenvalue weighted by Gasteiger charge is -2.21. The molecule has 1 unspecified atom stereocenters. The van der Waals surface area contributed by atoms with Gasteiger partial charge in [-0.15, -0.1) is 0 Å². The number of nitrogens with one attached hydrogen (secondary N) is 1. The Hall–Kier alpha value is -2.79. The van der Waals surface area contributed by atoms with Crippen molar-refractivity contribution in [2.24, 2.45) is 0 Å². The number of aliphatic hydroxyl groups is 1. The van der Waals surface area contributed by atoms with E-state index in [4.69, 9.17) is 9.15 Å². The minimum Gasteiger partial charge on any atom is -0.493 e. The molecule has 5 heteroatoms. The second kappa shape index (κ2) is 6.99. The van der Waals surface area contributed by atoms with Crippen LogP contribution in [0.3, 0.4) is 0 Å². The van der Waals surface area contributed by atoms with E-state index in [9.17, 15) is 9.90 Å². The average Bonchev–Trinajstić information content (AvgIpc) is 3.06. The fourth-order valence-corrected chi connectivity index (χ4v) is 2.62. The van der Waals surface area contributed by atoms with Gasteiger partial charge in [0, 0.05) is 5.39 Å². The first kappa shape index (κ1) is 17.0. The molecule has 0 bridgehead atoms. The molecule has 0 aliphatic heterocycles. The van der Waals surface area contributed by atoms with Gasteiger partial charge in [0.2, 0.25) is 0 Å². The molecule has 3 aromatic rings. The van der Waals surface area contributed by atoms with E-state index in [2.05, 4.69) is 5.32 Å². The lowest BCUT2D eigenvalue weighted by atomic mass is 10.0. The van der Waals surface area contributed by atoms with Crippen molar-refractivity contribution in [1.29, 1.82) is 0 Å². The summed E-state index contributed by atoms with van der Waals surface area (Å²) in [5.41, 5.74) is -0.189. The Labute approximate surface area is 146 Å². The SMILES string of the molecule is CCOc1ccccc1C(=O)NCC(C)(O)c1cc2ccccc2o1. The number of rotatable bonds is 6. The molecule has 130 valence electrons. The first-order chi connectivity index (χ1) is 12.0. The number of carbonyl (C=O) groups excluding carboxylic acids is 1. The molecule has 5 nitrogen and oxygen atoms in total. The minimum atomic E-state index is -1.32. The van der Waals surface area contributed by atoms with E-state index < -0.39 is 5.60 Å². The Kier molecular flexibility index (Phi) is 4.76. The average molecular weight is 339 g/mol. The summed E-state index contributed by atoms with van der Waals surface area (Å²) in [6.07, 6.45) is 0. The fourth-order valence-electron chi connectivity index (χ4n) is 2.62. The van der Waals surface area contributed by atoms with Gasteiger partial charge in [0.1, 0.15) is 22.7 Å². The number of hydrogen-bond donors (Lipinski definition) is 2. The summed E-state index contributed by atoms with van der Waals surface area (Å²) < 4.78 is 11.2. The Balaban J connectivity index is 1.74. The van der Waals surface area contributed by atoms with E-state index in [-0.39, 0.29) is 12.5 Å². The van der Waals surface area contributed by atoms with Gasteiger partial charge in [-0.2, -0.15) is 0 Å². The zero-order valence-electron chi connectivity index (χ0n) is 14.3. The van der Waals surface area contributed by atoms with Crippen LogP contribution in [0.25, 0.3) is 11.0 Å². The highest BCUT2D eigenvalue weighted by Gasteiger charge is 2.28. The van der Waals surface area contributed by atoms with Crippen molar-refractivity contribution in [1.82, 2.24) is 5.32 Å². The van der Waals surface area contributed by atoms with Crippen molar-refractivity contribution in [2.45, 2.75) is 19.4 Å². The predicted molar refractivity (Wildman–Crippen MR) is 95.7 cm³/mol. The lowest BCUT2D eigenvalue weighted by Crippen LogP contribution is -2.38. The molecule has 25 heavy (non-hydrogen) atoms. The van der Waals surface area contributed by atoms with Crippen LogP contribution in [-0.2, 0) is 5.60 Å². The van der Waals surface area contributed by atoms with Crippen molar-refractivity contribution in [3.05, 3.63) is 65.9 Å². The summed E-state index contributed by atoms with van der Waals surface area (Å²) in [6, 6.07) is 16.3. The quantitative estimate of drug-likeness (QED) is 0.721. The number of fused-ring (bicyclic) bond motifs is 1. The Morgan fingerprint density at radius 2 is 1.92 bits per heavy atom. The van der Waals surface area contributed by atoms with Crippen LogP contribution in [0.5, 0.6) is 5.75 Å². The molecule has 0 radical (unpaired) electrons. The van der Waals surface area contributed by atoms with Gasteiger partial charge >= 0.3 is 0 Å². The summed E-state index contributed by atoms with van der Waals surface area (Å²) in [6.45, 7) is 3.97. The number of furan rings is 1. The van der Waals surface area contributed by atoms with Crippen LogP contribution in [0.2, 0.25) is 0 Å². The van der Waals surface area contributed by atoms with Crippen molar-refractivity contribution >= 4 is 16.9 Å². The summed E-state index contributed by atoms with van der Waals surface area (Å²) >= 11 is 0.